The zero-order valence-corrected chi connectivity index (χ0v) is 16.1. The molecule has 3 rings (SSSR count). The van der Waals surface area contributed by atoms with Crippen molar-refractivity contribution in [2.75, 3.05) is 0 Å². The molecule has 1 aliphatic carbocycles. The van der Waals surface area contributed by atoms with E-state index in [4.69, 9.17) is 9.94 Å². The van der Waals surface area contributed by atoms with Crippen molar-refractivity contribution in [3.8, 4) is 0 Å². The van der Waals surface area contributed by atoms with E-state index in [-0.39, 0.29) is 12.1 Å². The molecule has 0 aliphatic heterocycles. The van der Waals surface area contributed by atoms with Crippen LogP contribution in [0.4, 0.5) is 0 Å². The van der Waals surface area contributed by atoms with Crippen LogP contribution in [0.1, 0.15) is 48.5 Å². The second kappa shape index (κ2) is 10.5. The van der Waals surface area contributed by atoms with Crippen LogP contribution in [0.25, 0.3) is 6.08 Å². The molecule has 1 fully saturated rings. The van der Waals surface area contributed by atoms with E-state index in [2.05, 4.69) is 10.3 Å². The Bertz CT molecular complexity index is 831. The summed E-state index contributed by atoms with van der Waals surface area (Å²) in [4.78, 5) is 28.1. The van der Waals surface area contributed by atoms with Gasteiger partial charge in [-0.2, -0.15) is 0 Å². The third-order valence-electron chi connectivity index (χ3n) is 4.83. The zero-order chi connectivity index (χ0) is 20.5. The first-order valence-electron chi connectivity index (χ1n) is 9.71. The van der Waals surface area contributed by atoms with Crippen molar-refractivity contribution in [3.63, 3.8) is 0 Å². The highest BCUT2D eigenvalue weighted by Crippen LogP contribution is 2.24. The molecule has 0 spiro atoms. The molecule has 1 aromatic carbocycles. The Morgan fingerprint density at radius 3 is 2.59 bits per heavy atom. The number of benzene rings is 1. The van der Waals surface area contributed by atoms with Crippen LogP contribution in [0, 0.1) is 0 Å². The number of ether oxygens (including phenoxy) is 1. The highest BCUT2D eigenvalue weighted by Gasteiger charge is 2.26. The molecule has 0 saturated heterocycles. The minimum Gasteiger partial charge on any atom is -0.461 e. The molecule has 1 atom stereocenters. The molecule has 2 aromatic rings. The predicted octanol–water partition coefficient (Wildman–Crippen LogP) is 2.92. The van der Waals surface area contributed by atoms with Crippen LogP contribution >= 0.6 is 0 Å². The summed E-state index contributed by atoms with van der Waals surface area (Å²) in [6.45, 7) is 0.438. The first-order chi connectivity index (χ1) is 14.2. The average Bonchev–Trinajstić information content (AvgIpc) is 3.26. The van der Waals surface area contributed by atoms with Crippen molar-refractivity contribution >= 4 is 18.0 Å². The fourth-order valence-electron chi connectivity index (χ4n) is 3.28. The molecular weight excluding hydrogens is 370 g/mol. The topological polar surface area (TPSA) is 101 Å². The molecule has 1 aromatic heterocycles. The summed E-state index contributed by atoms with van der Waals surface area (Å²) >= 11 is 0. The van der Waals surface area contributed by atoms with E-state index in [0.717, 1.165) is 36.8 Å². The number of hydrogen-bond acceptors (Lipinski definition) is 6. The minimum absolute atomic E-state index is 0.0133. The van der Waals surface area contributed by atoms with E-state index >= 15 is 0 Å². The number of amides is 1. The number of nitrogens with zero attached hydrogens (tertiary/aromatic N) is 1. The van der Waals surface area contributed by atoms with Gasteiger partial charge in [-0.1, -0.05) is 36.4 Å². The molecular formula is C22H25N3O4. The molecule has 152 valence electrons. The van der Waals surface area contributed by atoms with Gasteiger partial charge in [0.2, 0.25) is 0 Å². The lowest BCUT2D eigenvalue weighted by molar-refractivity contribution is -0.151. The number of pyridine rings is 1. The molecule has 1 heterocycles. The quantitative estimate of drug-likeness (QED) is 0.275. The molecule has 7 heteroatoms. The van der Waals surface area contributed by atoms with Gasteiger partial charge in [0, 0.05) is 18.8 Å². The van der Waals surface area contributed by atoms with Crippen molar-refractivity contribution < 1.29 is 19.5 Å². The van der Waals surface area contributed by atoms with Gasteiger partial charge >= 0.3 is 5.97 Å². The van der Waals surface area contributed by atoms with E-state index < -0.39 is 11.9 Å². The number of nitrogens with one attached hydrogen (secondary N) is 2. The number of carbonyl (C=O) groups is 2. The van der Waals surface area contributed by atoms with Crippen LogP contribution in [-0.2, 0) is 20.9 Å². The van der Waals surface area contributed by atoms with E-state index in [9.17, 15) is 9.59 Å². The Kier molecular flexibility index (Phi) is 7.49. The molecule has 0 unspecified atom stereocenters. The number of rotatable bonds is 8. The first kappa shape index (κ1) is 20.7. The van der Waals surface area contributed by atoms with E-state index in [1.807, 2.05) is 36.4 Å². The van der Waals surface area contributed by atoms with Gasteiger partial charge in [-0.25, -0.2) is 10.3 Å². The average molecular weight is 395 g/mol. The third kappa shape index (κ3) is 6.23. The van der Waals surface area contributed by atoms with Crippen LogP contribution < -0.4 is 10.8 Å². The normalized spacial score (nSPS) is 15.3. The van der Waals surface area contributed by atoms with Crippen molar-refractivity contribution in [2.24, 2.45) is 0 Å². The number of esters is 1. The summed E-state index contributed by atoms with van der Waals surface area (Å²) in [6.07, 6.45) is 8.44. The predicted molar refractivity (Wildman–Crippen MR) is 108 cm³/mol. The number of aromatic nitrogens is 1. The lowest BCUT2D eigenvalue weighted by atomic mass is 10.1. The maximum atomic E-state index is 12.8. The van der Waals surface area contributed by atoms with Crippen molar-refractivity contribution in [1.82, 2.24) is 15.8 Å². The van der Waals surface area contributed by atoms with Crippen LogP contribution in [-0.4, -0.2) is 28.2 Å². The van der Waals surface area contributed by atoms with Gasteiger partial charge in [0.1, 0.15) is 12.1 Å². The first-order valence-corrected chi connectivity index (χ1v) is 9.71. The highest BCUT2D eigenvalue weighted by atomic mass is 16.5. The van der Waals surface area contributed by atoms with Crippen molar-refractivity contribution in [3.05, 3.63) is 71.6 Å². The van der Waals surface area contributed by atoms with E-state index in [0.29, 0.717) is 12.2 Å². The molecule has 7 nitrogen and oxygen atoms in total. The van der Waals surface area contributed by atoms with Crippen LogP contribution in [0.5, 0.6) is 0 Å². The second-order valence-corrected chi connectivity index (χ2v) is 6.97. The van der Waals surface area contributed by atoms with Gasteiger partial charge in [0.15, 0.2) is 0 Å². The standard InChI is InChI=1S/C22H25N3O4/c26-20(25-28)13-12-18-11-10-16(14-23-18)15-24-21(17-6-2-1-3-7-17)22(27)29-19-8-4-5-9-19/h1-3,6-7,10-14,19,21,24,28H,4-5,8-9,15H2,(H,25,26)/b13-12+/t21-/m0/s1. The summed E-state index contributed by atoms with van der Waals surface area (Å²) in [7, 11) is 0. The van der Waals surface area contributed by atoms with Crippen molar-refractivity contribution in [1.29, 1.82) is 0 Å². The Morgan fingerprint density at radius 2 is 1.93 bits per heavy atom. The third-order valence-corrected chi connectivity index (χ3v) is 4.83. The molecule has 1 saturated carbocycles. The Morgan fingerprint density at radius 1 is 1.17 bits per heavy atom. The van der Waals surface area contributed by atoms with Gasteiger partial charge in [0.05, 0.1) is 5.69 Å². The Labute approximate surface area is 169 Å². The summed E-state index contributed by atoms with van der Waals surface area (Å²) in [5, 5.41) is 11.8. The van der Waals surface area contributed by atoms with E-state index in [1.165, 1.54) is 17.6 Å². The van der Waals surface area contributed by atoms with Crippen LogP contribution in [0.15, 0.2) is 54.7 Å². The fraction of sp³-hybridized carbons (Fsp3) is 0.318. The fourth-order valence-corrected chi connectivity index (χ4v) is 3.28. The molecule has 29 heavy (non-hydrogen) atoms. The van der Waals surface area contributed by atoms with E-state index in [1.54, 1.807) is 12.3 Å². The summed E-state index contributed by atoms with van der Waals surface area (Å²) in [5.74, 6) is -0.880. The van der Waals surface area contributed by atoms with Gasteiger partial charge < -0.3 is 4.74 Å². The smallest absolute Gasteiger partial charge is 0.328 e. The van der Waals surface area contributed by atoms with Gasteiger partial charge in [-0.3, -0.25) is 20.3 Å². The number of carbonyl (C=O) groups excluding carboxylic acids is 2. The summed E-state index contributed by atoms with van der Waals surface area (Å²) < 4.78 is 5.72. The Balaban J connectivity index is 1.64. The SMILES string of the molecule is O=C(/C=C/c1ccc(CN[C@H](C(=O)OC2CCCC2)c2ccccc2)cn1)NO. The van der Waals surface area contributed by atoms with Gasteiger partial charge in [-0.05, 0) is 49.0 Å². The minimum atomic E-state index is -0.621. The second-order valence-electron chi connectivity index (χ2n) is 6.97. The maximum Gasteiger partial charge on any atom is 0.328 e. The monoisotopic (exact) mass is 395 g/mol. The number of hydroxylamine groups is 1. The largest absolute Gasteiger partial charge is 0.461 e. The Hall–Kier alpha value is -3.03. The van der Waals surface area contributed by atoms with Crippen molar-refractivity contribution in [2.45, 2.75) is 44.4 Å². The lowest BCUT2D eigenvalue weighted by Crippen LogP contribution is -2.32. The van der Waals surface area contributed by atoms with Crippen LogP contribution in [0.2, 0.25) is 0 Å². The van der Waals surface area contributed by atoms with Gasteiger partial charge in [-0.15, -0.1) is 0 Å². The summed E-state index contributed by atoms with van der Waals surface area (Å²) in [6, 6.07) is 12.6. The summed E-state index contributed by atoms with van der Waals surface area (Å²) in [5.41, 5.74) is 3.86. The molecule has 0 radical (unpaired) electrons. The van der Waals surface area contributed by atoms with Crippen LogP contribution in [0.3, 0.4) is 0 Å². The molecule has 1 aliphatic rings. The molecule has 0 bridgehead atoms. The number of hydrogen-bond donors (Lipinski definition) is 3. The maximum absolute atomic E-state index is 12.8. The molecule has 3 N–H and O–H groups in total. The highest BCUT2D eigenvalue weighted by molar-refractivity contribution is 5.90. The zero-order valence-electron chi connectivity index (χ0n) is 16.1. The van der Waals surface area contributed by atoms with Gasteiger partial charge in [0.25, 0.3) is 5.91 Å². The molecule has 1 amide bonds. The lowest BCUT2D eigenvalue weighted by Gasteiger charge is -2.20.